The predicted octanol–water partition coefficient (Wildman–Crippen LogP) is 2.90. The van der Waals surface area contributed by atoms with Crippen LogP contribution in [0, 0.1) is 0 Å². The van der Waals surface area contributed by atoms with Crippen LogP contribution < -0.4 is 20.7 Å². The van der Waals surface area contributed by atoms with E-state index in [1.807, 2.05) is 30.3 Å². The molecule has 3 N–H and O–H groups in total. The van der Waals surface area contributed by atoms with Crippen LogP contribution in [-0.4, -0.2) is 19.1 Å². The summed E-state index contributed by atoms with van der Waals surface area (Å²) in [6.45, 7) is 0.838. The van der Waals surface area contributed by atoms with Gasteiger partial charge in [0.1, 0.15) is 24.7 Å². The van der Waals surface area contributed by atoms with E-state index in [9.17, 15) is 4.79 Å². The molecular formula is C19H18N2O3. The molecule has 0 radical (unpaired) electrons. The Bertz CT molecular complexity index is 826. The van der Waals surface area contributed by atoms with Crippen LogP contribution in [0.25, 0.3) is 10.8 Å². The SMILES string of the molecule is NNC(=O)c1ccc(OCCOc2cccc3ccccc23)cc1. The van der Waals surface area contributed by atoms with E-state index >= 15 is 0 Å². The first-order chi connectivity index (χ1) is 11.8. The highest BCUT2D eigenvalue weighted by Gasteiger charge is 2.04. The number of nitrogens with one attached hydrogen (secondary N) is 1. The van der Waals surface area contributed by atoms with E-state index in [-0.39, 0.29) is 5.91 Å². The maximum absolute atomic E-state index is 11.4. The lowest BCUT2D eigenvalue weighted by Crippen LogP contribution is -2.29. The standard InChI is InChI=1S/C19H18N2O3/c20-21-19(22)15-8-10-16(11-9-15)23-12-13-24-18-7-3-5-14-4-1-2-6-17(14)18/h1-11H,12-13,20H2,(H,21,22). The number of carbonyl (C=O) groups excluding carboxylic acids is 1. The molecule has 0 saturated carbocycles. The smallest absolute Gasteiger partial charge is 0.265 e. The number of benzene rings is 3. The fourth-order valence-corrected chi connectivity index (χ4v) is 2.42. The van der Waals surface area contributed by atoms with Crippen LogP contribution in [0.4, 0.5) is 0 Å². The molecule has 122 valence electrons. The summed E-state index contributed by atoms with van der Waals surface area (Å²) in [6.07, 6.45) is 0. The second kappa shape index (κ2) is 7.48. The molecule has 3 aromatic rings. The number of rotatable bonds is 6. The highest BCUT2D eigenvalue weighted by molar-refractivity contribution is 5.93. The maximum atomic E-state index is 11.4. The molecule has 0 aliphatic rings. The summed E-state index contributed by atoms with van der Waals surface area (Å²) in [6, 6.07) is 20.8. The molecule has 0 saturated heterocycles. The molecule has 3 aromatic carbocycles. The predicted molar refractivity (Wildman–Crippen MR) is 93.0 cm³/mol. The molecule has 5 nitrogen and oxygen atoms in total. The van der Waals surface area contributed by atoms with Gasteiger partial charge in [0.2, 0.25) is 0 Å². The van der Waals surface area contributed by atoms with Crippen molar-refractivity contribution in [2.24, 2.45) is 5.84 Å². The minimum Gasteiger partial charge on any atom is -0.490 e. The lowest BCUT2D eigenvalue weighted by atomic mass is 10.1. The quantitative estimate of drug-likeness (QED) is 0.317. The van der Waals surface area contributed by atoms with Crippen LogP contribution >= 0.6 is 0 Å². The Morgan fingerprint density at radius 2 is 1.58 bits per heavy atom. The van der Waals surface area contributed by atoms with E-state index < -0.39 is 0 Å². The minimum atomic E-state index is -0.333. The fourth-order valence-electron chi connectivity index (χ4n) is 2.42. The lowest BCUT2D eigenvalue weighted by molar-refractivity contribution is 0.0953. The van der Waals surface area contributed by atoms with E-state index in [0.717, 1.165) is 16.5 Å². The molecule has 0 aliphatic heterocycles. The molecule has 5 heteroatoms. The number of ether oxygens (including phenoxy) is 2. The third-order valence-corrected chi connectivity index (χ3v) is 3.61. The van der Waals surface area contributed by atoms with Crippen molar-refractivity contribution in [2.75, 3.05) is 13.2 Å². The third-order valence-electron chi connectivity index (χ3n) is 3.61. The zero-order chi connectivity index (χ0) is 16.8. The average Bonchev–Trinajstić information content (AvgIpc) is 2.65. The molecule has 0 atom stereocenters. The summed E-state index contributed by atoms with van der Waals surface area (Å²) in [5, 5.41) is 2.22. The lowest BCUT2D eigenvalue weighted by Gasteiger charge is -2.10. The number of hydrazine groups is 1. The normalized spacial score (nSPS) is 10.4. The molecule has 3 rings (SSSR count). The van der Waals surface area contributed by atoms with E-state index in [1.165, 1.54) is 0 Å². The van der Waals surface area contributed by atoms with Gasteiger partial charge in [0, 0.05) is 10.9 Å². The molecule has 0 spiro atoms. The van der Waals surface area contributed by atoms with E-state index in [2.05, 4.69) is 17.6 Å². The van der Waals surface area contributed by atoms with Gasteiger partial charge >= 0.3 is 0 Å². The van der Waals surface area contributed by atoms with E-state index in [4.69, 9.17) is 15.3 Å². The van der Waals surface area contributed by atoms with Gasteiger partial charge in [0.25, 0.3) is 5.91 Å². The van der Waals surface area contributed by atoms with Gasteiger partial charge in [-0.25, -0.2) is 5.84 Å². The van der Waals surface area contributed by atoms with Crippen molar-refractivity contribution in [3.8, 4) is 11.5 Å². The van der Waals surface area contributed by atoms with Gasteiger partial charge in [0.05, 0.1) is 0 Å². The Hall–Kier alpha value is -3.05. The summed E-state index contributed by atoms with van der Waals surface area (Å²) in [5.41, 5.74) is 2.57. The Kier molecular flexibility index (Phi) is 4.93. The Balaban J connectivity index is 1.54. The zero-order valence-corrected chi connectivity index (χ0v) is 13.1. The van der Waals surface area contributed by atoms with E-state index in [1.54, 1.807) is 24.3 Å². The number of nitrogens with two attached hydrogens (primary N) is 1. The minimum absolute atomic E-state index is 0.333. The number of nitrogen functional groups attached to an aromatic ring is 1. The summed E-state index contributed by atoms with van der Waals surface area (Å²) < 4.78 is 11.4. The largest absolute Gasteiger partial charge is 0.490 e. The van der Waals surface area contributed by atoms with Crippen LogP contribution in [0.2, 0.25) is 0 Å². The number of amides is 1. The van der Waals surface area contributed by atoms with Gasteiger partial charge in [-0.15, -0.1) is 0 Å². The summed E-state index contributed by atoms with van der Waals surface area (Å²) in [4.78, 5) is 11.4. The molecule has 24 heavy (non-hydrogen) atoms. The second-order valence-electron chi connectivity index (χ2n) is 5.17. The van der Waals surface area contributed by atoms with Crippen molar-refractivity contribution in [1.82, 2.24) is 5.43 Å². The van der Waals surface area contributed by atoms with Crippen molar-refractivity contribution in [1.29, 1.82) is 0 Å². The highest BCUT2D eigenvalue weighted by atomic mass is 16.5. The number of fused-ring (bicyclic) bond motifs is 1. The van der Waals surface area contributed by atoms with Gasteiger partial charge in [-0.2, -0.15) is 0 Å². The van der Waals surface area contributed by atoms with Crippen LogP contribution in [0.5, 0.6) is 11.5 Å². The van der Waals surface area contributed by atoms with Crippen molar-refractivity contribution < 1.29 is 14.3 Å². The summed E-state index contributed by atoms with van der Waals surface area (Å²) >= 11 is 0. The van der Waals surface area contributed by atoms with Crippen molar-refractivity contribution in [2.45, 2.75) is 0 Å². The Labute approximate surface area is 140 Å². The van der Waals surface area contributed by atoms with Crippen LogP contribution in [-0.2, 0) is 0 Å². The van der Waals surface area contributed by atoms with Gasteiger partial charge in [-0.1, -0.05) is 36.4 Å². The van der Waals surface area contributed by atoms with Crippen molar-refractivity contribution in [3.05, 3.63) is 72.3 Å². The first kappa shape index (κ1) is 15.8. The molecule has 0 unspecified atom stereocenters. The summed E-state index contributed by atoms with van der Waals surface area (Å²) in [7, 11) is 0. The van der Waals surface area contributed by atoms with Crippen molar-refractivity contribution >= 4 is 16.7 Å². The molecule has 0 heterocycles. The Morgan fingerprint density at radius 3 is 2.38 bits per heavy atom. The fraction of sp³-hybridized carbons (Fsp3) is 0.105. The molecular weight excluding hydrogens is 304 g/mol. The Morgan fingerprint density at radius 1 is 0.875 bits per heavy atom. The molecule has 0 aromatic heterocycles. The monoisotopic (exact) mass is 322 g/mol. The second-order valence-corrected chi connectivity index (χ2v) is 5.17. The van der Waals surface area contributed by atoms with Crippen molar-refractivity contribution in [3.63, 3.8) is 0 Å². The van der Waals surface area contributed by atoms with Gasteiger partial charge < -0.3 is 9.47 Å². The number of carbonyl (C=O) groups is 1. The summed E-state index contributed by atoms with van der Waals surface area (Å²) in [5.74, 6) is 6.27. The highest BCUT2D eigenvalue weighted by Crippen LogP contribution is 2.25. The van der Waals surface area contributed by atoms with E-state index in [0.29, 0.717) is 24.5 Å². The molecule has 1 amide bonds. The zero-order valence-electron chi connectivity index (χ0n) is 13.1. The van der Waals surface area contributed by atoms with Crippen LogP contribution in [0.15, 0.2) is 66.7 Å². The molecule has 0 aliphatic carbocycles. The third kappa shape index (κ3) is 3.64. The number of hydrogen-bond donors (Lipinski definition) is 2. The van der Waals surface area contributed by atoms with Gasteiger partial charge in [-0.05, 0) is 35.7 Å². The molecule has 0 fully saturated rings. The van der Waals surface area contributed by atoms with Crippen LogP contribution in [0.3, 0.4) is 0 Å². The van der Waals surface area contributed by atoms with Crippen LogP contribution in [0.1, 0.15) is 10.4 Å². The first-order valence-corrected chi connectivity index (χ1v) is 7.62. The topological polar surface area (TPSA) is 73.6 Å². The van der Waals surface area contributed by atoms with Gasteiger partial charge in [0.15, 0.2) is 0 Å². The molecule has 0 bridgehead atoms. The maximum Gasteiger partial charge on any atom is 0.265 e. The van der Waals surface area contributed by atoms with Gasteiger partial charge in [-0.3, -0.25) is 10.2 Å². The average molecular weight is 322 g/mol. The first-order valence-electron chi connectivity index (χ1n) is 7.62. The number of hydrogen-bond acceptors (Lipinski definition) is 4.